The second-order valence-corrected chi connectivity index (χ2v) is 6.21. The summed E-state index contributed by atoms with van der Waals surface area (Å²) in [4.78, 5) is 16.5. The van der Waals surface area contributed by atoms with Gasteiger partial charge in [-0.15, -0.1) is 0 Å². The SMILES string of the molecule is CN1CCN(C(=O)c2ccc(Cl)cc2)CC1c1ccccc1F. The normalized spacial score (nSPS) is 18.9. The largest absolute Gasteiger partial charge is 0.335 e. The Morgan fingerprint density at radius 1 is 1.13 bits per heavy atom. The van der Waals surface area contributed by atoms with E-state index < -0.39 is 0 Å². The van der Waals surface area contributed by atoms with E-state index in [1.165, 1.54) is 6.07 Å². The van der Waals surface area contributed by atoms with Crippen LogP contribution in [0.15, 0.2) is 48.5 Å². The number of nitrogens with zero attached hydrogens (tertiary/aromatic N) is 2. The lowest BCUT2D eigenvalue weighted by Gasteiger charge is -2.39. The van der Waals surface area contributed by atoms with E-state index in [0.29, 0.717) is 35.8 Å². The summed E-state index contributed by atoms with van der Waals surface area (Å²) in [6.07, 6.45) is 0. The van der Waals surface area contributed by atoms with Crippen molar-refractivity contribution in [2.45, 2.75) is 6.04 Å². The number of rotatable bonds is 2. The minimum absolute atomic E-state index is 0.0453. The third-order valence-corrected chi connectivity index (χ3v) is 4.54. The van der Waals surface area contributed by atoms with Crippen LogP contribution < -0.4 is 0 Å². The fourth-order valence-corrected chi connectivity index (χ4v) is 3.04. The maximum Gasteiger partial charge on any atom is 0.253 e. The smallest absolute Gasteiger partial charge is 0.253 e. The van der Waals surface area contributed by atoms with E-state index in [-0.39, 0.29) is 17.8 Å². The molecule has 0 N–H and O–H groups in total. The third-order valence-electron chi connectivity index (χ3n) is 4.29. The van der Waals surface area contributed by atoms with Crippen LogP contribution in [0.3, 0.4) is 0 Å². The summed E-state index contributed by atoms with van der Waals surface area (Å²) in [5.41, 5.74) is 1.23. The number of hydrogen-bond donors (Lipinski definition) is 0. The Kier molecular flexibility index (Phi) is 4.64. The number of amides is 1. The van der Waals surface area contributed by atoms with Crippen molar-refractivity contribution in [3.8, 4) is 0 Å². The quantitative estimate of drug-likeness (QED) is 0.838. The molecule has 1 atom stereocenters. The second kappa shape index (κ2) is 6.69. The molecular weight excluding hydrogens is 315 g/mol. The van der Waals surface area contributed by atoms with Crippen LogP contribution in [-0.2, 0) is 0 Å². The Morgan fingerprint density at radius 3 is 2.52 bits per heavy atom. The van der Waals surface area contributed by atoms with Crippen molar-refractivity contribution in [3.63, 3.8) is 0 Å². The van der Waals surface area contributed by atoms with Crippen LogP contribution in [0.5, 0.6) is 0 Å². The van der Waals surface area contributed by atoms with E-state index in [4.69, 9.17) is 11.6 Å². The molecule has 1 unspecified atom stereocenters. The second-order valence-electron chi connectivity index (χ2n) is 5.78. The number of likely N-dealkylation sites (N-methyl/N-ethyl adjacent to an activating group) is 1. The molecule has 1 amide bonds. The molecule has 0 aliphatic carbocycles. The van der Waals surface area contributed by atoms with Gasteiger partial charge in [0.25, 0.3) is 5.91 Å². The standard InChI is InChI=1S/C18H18ClFN2O/c1-21-10-11-22(18(23)13-6-8-14(19)9-7-13)12-17(21)15-4-2-3-5-16(15)20/h2-9,17H,10-12H2,1H3. The number of halogens is 2. The van der Waals surface area contributed by atoms with E-state index >= 15 is 0 Å². The molecule has 3 nitrogen and oxygen atoms in total. The predicted molar refractivity (Wildman–Crippen MR) is 89.1 cm³/mol. The van der Waals surface area contributed by atoms with Gasteiger partial charge in [-0.1, -0.05) is 29.8 Å². The van der Waals surface area contributed by atoms with Crippen LogP contribution in [0, 0.1) is 5.82 Å². The highest BCUT2D eigenvalue weighted by Gasteiger charge is 2.30. The maximum atomic E-state index is 14.1. The van der Waals surface area contributed by atoms with Crippen LogP contribution in [0.2, 0.25) is 5.02 Å². The van der Waals surface area contributed by atoms with Crippen molar-refractivity contribution in [3.05, 3.63) is 70.5 Å². The molecule has 1 aliphatic heterocycles. The summed E-state index contributed by atoms with van der Waals surface area (Å²) in [5, 5.41) is 0.601. The first-order valence-electron chi connectivity index (χ1n) is 7.56. The van der Waals surface area contributed by atoms with Gasteiger partial charge in [-0.2, -0.15) is 0 Å². The minimum Gasteiger partial charge on any atom is -0.335 e. The highest BCUT2D eigenvalue weighted by atomic mass is 35.5. The lowest BCUT2D eigenvalue weighted by Crippen LogP contribution is -2.49. The number of benzene rings is 2. The summed E-state index contributed by atoms with van der Waals surface area (Å²) >= 11 is 5.87. The van der Waals surface area contributed by atoms with Crippen molar-refractivity contribution >= 4 is 17.5 Å². The fourth-order valence-electron chi connectivity index (χ4n) is 2.91. The molecule has 2 aromatic rings. The average Bonchev–Trinajstić information content (AvgIpc) is 2.56. The van der Waals surface area contributed by atoms with Gasteiger partial charge < -0.3 is 4.90 Å². The van der Waals surface area contributed by atoms with Gasteiger partial charge in [-0.3, -0.25) is 9.69 Å². The summed E-state index contributed by atoms with van der Waals surface area (Å²) < 4.78 is 14.1. The van der Waals surface area contributed by atoms with E-state index in [1.54, 1.807) is 41.3 Å². The van der Waals surface area contributed by atoms with E-state index in [1.807, 2.05) is 13.1 Å². The van der Waals surface area contributed by atoms with Crippen molar-refractivity contribution in [2.75, 3.05) is 26.7 Å². The molecule has 0 saturated carbocycles. The Hall–Kier alpha value is -1.91. The van der Waals surface area contributed by atoms with Crippen LogP contribution >= 0.6 is 11.6 Å². The topological polar surface area (TPSA) is 23.6 Å². The van der Waals surface area contributed by atoms with Gasteiger partial charge in [0.15, 0.2) is 0 Å². The Labute approximate surface area is 140 Å². The monoisotopic (exact) mass is 332 g/mol. The molecule has 0 radical (unpaired) electrons. The summed E-state index contributed by atoms with van der Waals surface area (Å²) in [7, 11) is 1.96. The first kappa shape index (κ1) is 16.0. The summed E-state index contributed by atoms with van der Waals surface area (Å²) in [6.45, 7) is 1.81. The van der Waals surface area contributed by atoms with Gasteiger partial charge in [-0.25, -0.2) is 4.39 Å². The lowest BCUT2D eigenvalue weighted by molar-refractivity contribution is 0.0540. The average molecular weight is 333 g/mol. The molecule has 0 aromatic heterocycles. The molecule has 1 saturated heterocycles. The zero-order valence-corrected chi connectivity index (χ0v) is 13.6. The molecule has 1 aliphatic rings. The van der Waals surface area contributed by atoms with Gasteiger partial charge in [0, 0.05) is 35.8 Å². The van der Waals surface area contributed by atoms with Gasteiger partial charge in [0.05, 0.1) is 6.04 Å². The van der Waals surface area contributed by atoms with Gasteiger partial charge in [-0.05, 0) is 37.4 Å². The summed E-state index contributed by atoms with van der Waals surface area (Å²) in [6, 6.07) is 13.5. The zero-order chi connectivity index (χ0) is 16.4. The molecule has 120 valence electrons. The number of hydrogen-bond acceptors (Lipinski definition) is 2. The highest BCUT2D eigenvalue weighted by molar-refractivity contribution is 6.30. The van der Waals surface area contributed by atoms with Crippen LogP contribution in [0.1, 0.15) is 22.0 Å². The Morgan fingerprint density at radius 2 is 1.83 bits per heavy atom. The minimum atomic E-state index is -0.231. The predicted octanol–water partition coefficient (Wildman–Crippen LogP) is 3.61. The molecule has 2 aromatic carbocycles. The maximum absolute atomic E-state index is 14.1. The third kappa shape index (κ3) is 3.38. The van der Waals surface area contributed by atoms with Crippen molar-refractivity contribution in [1.82, 2.24) is 9.80 Å². The van der Waals surface area contributed by atoms with E-state index in [2.05, 4.69) is 4.90 Å². The molecule has 0 spiro atoms. The highest BCUT2D eigenvalue weighted by Crippen LogP contribution is 2.27. The molecular formula is C18H18ClFN2O. The Balaban J connectivity index is 1.81. The van der Waals surface area contributed by atoms with Gasteiger partial charge in [0.2, 0.25) is 0 Å². The molecule has 1 heterocycles. The first-order chi connectivity index (χ1) is 11.1. The molecule has 1 fully saturated rings. The fraction of sp³-hybridized carbons (Fsp3) is 0.278. The number of carbonyl (C=O) groups is 1. The van der Waals surface area contributed by atoms with Crippen LogP contribution in [0.25, 0.3) is 0 Å². The lowest BCUT2D eigenvalue weighted by atomic mass is 10.0. The first-order valence-corrected chi connectivity index (χ1v) is 7.93. The van der Waals surface area contributed by atoms with Crippen molar-refractivity contribution in [1.29, 1.82) is 0 Å². The van der Waals surface area contributed by atoms with Gasteiger partial charge in [0.1, 0.15) is 5.82 Å². The van der Waals surface area contributed by atoms with E-state index in [0.717, 1.165) is 0 Å². The molecule has 0 bridgehead atoms. The molecule has 3 rings (SSSR count). The summed E-state index contributed by atoms with van der Waals surface area (Å²) in [5.74, 6) is -0.277. The number of piperazine rings is 1. The number of carbonyl (C=O) groups excluding carboxylic acids is 1. The van der Waals surface area contributed by atoms with Crippen LogP contribution in [0.4, 0.5) is 4.39 Å². The molecule has 5 heteroatoms. The van der Waals surface area contributed by atoms with E-state index in [9.17, 15) is 9.18 Å². The zero-order valence-electron chi connectivity index (χ0n) is 12.9. The van der Waals surface area contributed by atoms with Crippen molar-refractivity contribution in [2.24, 2.45) is 0 Å². The molecule has 23 heavy (non-hydrogen) atoms. The van der Waals surface area contributed by atoms with Gasteiger partial charge >= 0.3 is 0 Å². The Bertz CT molecular complexity index is 704. The van der Waals surface area contributed by atoms with Crippen molar-refractivity contribution < 1.29 is 9.18 Å². The van der Waals surface area contributed by atoms with Crippen LogP contribution in [-0.4, -0.2) is 42.4 Å².